The number of aromatic carboxylic acids is 1. The molecule has 2 N–H and O–H groups in total. The molecule has 0 aliphatic carbocycles. The van der Waals surface area contributed by atoms with Gasteiger partial charge in [0.2, 0.25) is 0 Å². The highest BCUT2D eigenvalue weighted by Gasteiger charge is 2.08. The van der Waals surface area contributed by atoms with Gasteiger partial charge in [-0.05, 0) is 6.42 Å². The molecular formula is C8H10N2O4. The molecule has 6 nitrogen and oxygen atoms in total. The molecule has 0 radical (unpaired) electrons. The largest absolute Gasteiger partial charge is 0.477 e. The highest BCUT2D eigenvalue weighted by molar-refractivity contribution is 5.84. The van der Waals surface area contributed by atoms with Gasteiger partial charge in [0.05, 0.1) is 0 Å². The summed E-state index contributed by atoms with van der Waals surface area (Å²) in [5.74, 6) is -1.32. The maximum atomic E-state index is 11.2. The number of hydrogen-bond donors (Lipinski definition) is 2. The summed E-state index contributed by atoms with van der Waals surface area (Å²) in [6.07, 6.45) is 0.634. The van der Waals surface area contributed by atoms with Crippen LogP contribution in [0.5, 0.6) is 0 Å². The SMILES string of the molecule is CCCn1c(=O)cc(C(=O)O)[nH]c1=O. The van der Waals surface area contributed by atoms with Crippen molar-refractivity contribution in [1.29, 1.82) is 0 Å². The van der Waals surface area contributed by atoms with Crippen LogP contribution in [0.4, 0.5) is 0 Å². The number of rotatable bonds is 3. The predicted octanol–water partition coefficient (Wildman–Crippen LogP) is -0.355. The molecule has 14 heavy (non-hydrogen) atoms. The van der Waals surface area contributed by atoms with Gasteiger partial charge in [0, 0.05) is 12.6 Å². The zero-order valence-corrected chi connectivity index (χ0v) is 7.61. The molecule has 1 aromatic rings. The lowest BCUT2D eigenvalue weighted by atomic mass is 10.4. The Morgan fingerprint density at radius 3 is 2.64 bits per heavy atom. The van der Waals surface area contributed by atoms with E-state index in [1.165, 1.54) is 0 Å². The van der Waals surface area contributed by atoms with Crippen molar-refractivity contribution in [2.24, 2.45) is 0 Å². The first-order chi connectivity index (χ1) is 6.56. The topological polar surface area (TPSA) is 92.2 Å². The van der Waals surface area contributed by atoms with Gasteiger partial charge in [-0.15, -0.1) is 0 Å². The standard InChI is InChI=1S/C8H10N2O4/c1-2-3-10-6(11)4-5(7(12)13)9-8(10)14/h4H,2-3H2,1H3,(H,9,14)(H,12,13). The van der Waals surface area contributed by atoms with Crippen LogP contribution in [0.3, 0.4) is 0 Å². The third-order valence-electron chi connectivity index (χ3n) is 1.70. The first-order valence-corrected chi connectivity index (χ1v) is 4.13. The van der Waals surface area contributed by atoms with E-state index in [9.17, 15) is 14.4 Å². The Balaban J connectivity index is 3.33. The van der Waals surface area contributed by atoms with Gasteiger partial charge in [-0.2, -0.15) is 0 Å². The summed E-state index contributed by atoms with van der Waals surface area (Å²) in [5.41, 5.74) is -1.66. The summed E-state index contributed by atoms with van der Waals surface area (Å²) in [5, 5.41) is 8.54. The predicted molar refractivity (Wildman–Crippen MR) is 48.6 cm³/mol. The summed E-state index contributed by atoms with van der Waals surface area (Å²) >= 11 is 0. The van der Waals surface area contributed by atoms with Gasteiger partial charge >= 0.3 is 11.7 Å². The number of hydrogen-bond acceptors (Lipinski definition) is 3. The quantitative estimate of drug-likeness (QED) is 0.694. The van der Waals surface area contributed by atoms with Crippen molar-refractivity contribution in [3.63, 3.8) is 0 Å². The second-order valence-corrected chi connectivity index (χ2v) is 2.78. The van der Waals surface area contributed by atoms with E-state index in [0.717, 1.165) is 10.6 Å². The van der Waals surface area contributed by atoms with E-state index in [1.807, 2.05) is 6.92 Å². The number of H-pyrrole nitrogens is 1. The normalized spacial score (nSPS) is 10.1. The Morgan fingerprint density at radius 2 is 2.21 bits per heavy atom. The fourth-order valence-corrected chi connectivity index (χ4v) is 1.07. The van der Waals surface area contributed by atoms with E-state index in [-0.39, 0.29) is 12.2 Å². The lowest BCUT2D eigenvalue weighted by Crippen LogP contribution is -2.36. The van der Waals surface area contributed by atoms with Crippen molar-refractivity contribution in [2.45, 2.75) is 19.9 Å². The number of carboxylic acids is 1. The van der Waals surface area contributed by atoms with Crippen LogP contribution in [0.25, 0.3) is 0 Å². The van der Waals surface area contributed by atoms with Crippen molar-refractivity contribution in [1.82, 2.24) is 9.55 Å². The van der Waals surface area contributed by atoms with Crippen molar-refractivity contribution in [3.8, 4) is 0 Å². The molecule has 0 aromatic carbocycles. The Kier molecular flexibility index (Phi) is 2.85. The molecule has 0 atom stereocenters. The molecule has 0 fully saturated rings. The Morgan fingerprint density at radius 1 is 1.57 bits per heavy atom. The summed E-state index contributed by atoms with van der Waals surface area (Å²) in [7, 11) is 0. The first-order valence-electron chi connectivity index (χ1n) is 4.13. The second-order valence-electron chi connectivity index (χ2n) is 2.78. The van der Waals surface area contributed by atoms with E-state index in [2.05, 4.69) is 4.98 Å². The average molecular weight is 198 g/mol. The lowest BCUT2D eigenvalue weighted by Gasteiger charge is -2.01. The molecule has 0 spiro atoms. The van der Waals surface area contributed by atoms with Gasteiger partial charge in [0.15, 0.2) is 0 Å². The van der Waals surface area contributed by atoms with Crippen LogP contribution in [0.2, 0.25) is 0 Å². The fraction of sp³-hybridized carbons (Fsp3) is 0.375. The van der Waals surface area contributed by atoms with Gasteiger partial charge in [0.25, 0.3) is 5.56 Å². The zero-order chi connectivity index (χ0) is 10.7. The Bertz CT molecular complexity index is 426. The molecule has 0 aliphatic rings. The molecule has 76 valence electrons. The molecule has 0 bridgehead atoms. The van der Waals surface area contributed by atoms with Crippen molar-refractivity contribution >= 4 is 5.97 Å². The molecule has 0 aliphatic heterocycles. The van der Waals surface area contributed by atoms with E-state index < -0.39 is 17.2 Å². The first kappa shape index (κ1) is 10.2. The summed E-state index contributed by atoms with van der Waals surface area (Å²) in [6, 6.07) is 0.902. The minimum absolute atomic E-state index is 0.286. The van der Waals surface area contributed by atoms with Gasteiger partial charge in [-0.3, -0.25) is 9.36 Å². The van der Waals surface area contributed by atoms with E-state index in [1.54, 1.807) is 0 Å². The monoisotopic (exact) mass is 198 g/mol. The third-order valence-corrected chi connectivity index (χ3v) is 1.70. The second kappa shape index (κ2) is 3.91. The minimum atomic E-state index is -1.32. The number of carboxylic acid groups (broad SMARTS) is 1. The van der Waals surface area contributed by atoms with Gasteiger partial charge in [-0.1, -0.05) is 6.92 Å². The number of nitrogens with one attached hydrogen (secondary N) is 1. The molecule has 0 saturated carbocycles. The molecule has 1 aromatic heterocycles. The van der Waals surface area contributed by atoms with Crippen molar-refractivity contribution in [2.75, 3.05) is 0 Å². The van der Waals surface area contributed by atoms with E-state index in [4.69, 9.17) is 5.11 Å². The Labute approximate surface area is 78.8 Å². The van der Waals surface area contributed by atoms with Crippen LogP contribution in [-0.2, 0) is 6.54 Å². The highest BCUT2D eigenvalue weighted by Crippen LogP contribution is 1.86. The summed E-state index contributed by atoms with van der Waals surface area (Å²) in [6.45, 7) is 2.10. The fourth-order valence-electron chi connectivity index (χ4n) is 1.07. The Hall–Kier alpha value is -1.85. The maximum Gasteiger partial charge on any atom is 0.352 e. The van der Waals surface area contributed by atoms with Crippen LogP contribution in [0.15, 0.2) is 15.7 Å². The van der Waals surface area contributed by atoms with E-state index >= 15 is 0 Å². The minimum Gasteiger partial charge on any atom is -0.477 e. The van der Waals surface area contributed by atoms with Crippen LogP contribution in [0, 0.1) is 0 Å². The lowest BCUT2D eigenvalue weighted by molar-refractivity contribution is 0.0689. The van der Waals surface area contributed by atoms with Crippen LogP contribution >= 0.6 is 0 Å². The van der Waals surface area contributed by atoms with Crippen LogP contribution in [-0.4, -0.2) is 20.6 Å². The summed E-state index contributed by atoms with van der Waals surface area (Å²) in [4.78, 5) is 35.0. The molecule has 6 heteroatoms. The highest BCUT2D eigenvalue weighted by atomic mass is 16.4. The zero-order valence-electron chi connectivity index (χ0n) is 7.61. The number of aromatic nitrogens is 2. The molecular weight excluding hydrogens is 188 g/mol. The maximum absolute atomic E-state index is 11.2. The number of nitrogens with zero attached hydrogens (tertiary/aromatic N) is 1. The third kappa shape index (κ3) is 1.90. The number of carbonyl (C=O) groups is 1. The van der Waals surface area contributed by atoms with E-state index in [0.29, 0.717) is 6.42 Å². The molecule has 0 saturated heterocycles. The molecule has 1 heterocycles. The van der Waals surface area contributed by atoms with Crippen LogP contribution in [0.1, 0.15) is 23.8 Å². The van der Waals surface area contributed by atoms with Crippen molar-refractivity contribution < 1.29 is 9.90 Å². The smallest absolute Gasteiger partial charge is 0.352 e. The average Bonchev–Trinajstić information content (AvgIpc) is 2.10. The van der Waals surface area contributed by atoms with Gasteiger partial charge < -0.3 is 10.1 Å². The van der Waals surface area contributed by atoms with Gasteiger partial charge in [0.1, 0.15) is 5.69 Å². The molecule has 0 amide bonds. The molecule has 1 rings (SSSR count). The number of aromatic amines is 1. The molecule has 0 unspecified atom stereocenters. The summed E-state index contributed by atoms with van der Waals surface area (Å²) < 4.78 is 0.965. The van der Waals surface area contributed by atoms with Crippen molar-refractivity contribution in [3.05, 3.63) is 32.6 Å². The van der Waals surface area contributed by atoms with Gasteiger partial charge in [-0.25, -0.2) is 9.59 Å². The van der Waals surface area contributed by atoms with Crippen LogP contribution < -0.4 is 11.2 Å².